The van der Waals surface area contributed by atoms with Crippen molar-refractivity contribution in [2.45, 2.75) is 69.9 Å². The highest BCUT2D eigenvalue weighted by Crippen LogP contribution is 2.36. The van der Waals surface area contributed by atoms with Gasteiger partial charge in [-0.05, 0) is 68.9 Å². The van der Waals surface area contributed by atoms with Gasteiger partial charge in [0.15, 0.2) is 15.1 Å². The van der Waals surface area contributed by atoms with Gasteiger partial charge in [0, 0.05) is 23.5 Å². The van der Waals surface area contributed by atoms with Crippen LogP contribution in [0.15, 0.2) is 30.5 Å². The van der Waals surface area contributed by atoms with Crippen LogP contribution in [-0.4, -0.2) is 48.0 Å². The number of pyridine rings is 1. The number of carbonyl (C=O) groups excluding carboxylic acids is 2. The van der Waals surface area contributed by atoms with Crippen molar-refractivity contribution in [1.82, 2.24) is 20.6 Å². The molecule has 1 fully saturated rings. The van der Waals surface area contributed by atoms with E-state index < -0.39 is 26.2 Å². The molecule has 1 unspecified atom stereocenters. The predicted octanol–water partition coefficient (Wildman–Crippen LogP) is 4.05. The number of nitrogens with zero attached hydrogens (tertiary/aromatic N) is 2. The number of thiazole rings is 1. The Bertz CT molecular complexity index is 1390. The number of rotatable bonds is 9. The van der Waals surface area contributed by atoms with E-state index in [1.807, 2.05) is 37.4 Å². The van der Waals surface area contributed by atoms with Crippen LogP contribution in [0.25, 0.3) is 21.3 Å². The molecule has 10 heteroatoms. The molecule has 8 nitrogen and oxygen atoms in total. The highest BCUT2D eigenvalue weighted by Gasteiger charge is 2.39. The lowest BCUT2D eigenvalue weighted by atomic mass is 10.0. The standard InChI is InChI=1S/C26H32N4O4S2/c1-14(2)20-9-6-17(12-27-20)19-11-22-21(10-16(19)5)30-26(35-22)24(36(33,34)15(3)4)25(32)28-13-23(31)29-18-7-8-18/h6,9-12,14-15,18,24H,7-8,13H2,1-5H3,(H,28,32)(H,29,31). The fourth-order valence-electron chi connectivity index (χ4n) is 3.87. The second-order valence-electron chi connectivity index (χ2n) is 9.89. The van der Waals surface area contributed by atoms with E-state index >= 15 is 0 Å². The summed E-state index contributed by atoms with van der Waals surface area (Å²) in [5.41, 5.74) is 4.55. The van der Waals surface area contributed by atoms with Gasteiger partial charge in [0.1, 0.15) is 5.01 Å². The Morgan fingerprint density at radius 1 is 1.14 bits per heavy atom. The molecule has 0 radical (unpaired) electrons. The van der Waals surface area contributed by atoms with Crippen molar-refractivity contribution < 1.29 is 18.0 Å². The molecule has 2 aromatic heterocycles. The van der Waals surface area contributed by atoms with Crippen molar-refractivity contribution in [2.75, 3.05) is 6.54 Å². The summed E-state index contributed by atoms with van der Waals surface area (Å²) in [6.07, 6.45) is 3.70. The van der Waals surface area contributed by atoms with Gasteiger partial charge in [-0.25, -0.2) is 13.4 Å². The first-order chi connectivity index (χ1) is 17.0. The van der Waals surface area contributed by atoms with Crippen molar-refractivity contribution in [3.05, 3.63) is 46.7 Å². The lowest BCUT2D eigenvalue weighted by Crippen LogP contribution is -2.42. The zero-order chi connectivity index (χ0) is 26.2. The molecule has 4 rings (SSSR count). The molecular formula is C26H32N4O4S2. The molecule has 1 atom stereocenters. The molecule has 1 aliphatic carbocycles. The highest BCUT2D eigenvalue weighted by molar-refractivity contribution is 7.93. The molecule has 0 saturated heterocycles. The van der Waals surface area contributed by atoms with Gasteiger partial charge in [0.05, 0.1) is 22.0 Å². The maximum Gasteiger partial charge on any atom is 0.245 e. The van der Waals surface area contributed by atoms with Crippen LogP contribution in [0.4, 0.5) is 0 Å². The summed E-state index contributed by atoms with van der Waals surface area (Å²) in [5.74, 6) is -0.732. The fourth-order valence-corrected chi connectivity index (χ4v) is 6.64. The fraction of sp³-hybridized carbons (Fsp3) is 0.462. The van der Waals surface area contributed by atoms with Crippen LogP contribution in [0.1, 0.15) is 68.0 Å². The molecule has 192 valence electrons. The van der Waals surface area contributed by atoms with Crippen LogP contribution in [0.2, 0.25) is 0 Å². The van der Waals surface area contributed by atoms with Crippen molar-refractivity contribution in [2.24, 2.45) is 0 Å². The largest absolute Gasteiger partial charge is 0.352 e. The van der Waals surface area contributed by atoms with Gasteiger partial charge < -0.3 is 10.6 Å². The Morgan fingerprint density at radius 3 is 2.44 bits per heavy atom. The molecule has 0 aliphatic heterocycles. The Balaban J connectivity index is 1.67. The molecule has 0 spiro atoms. The van der Waals surface area contributed by atoms with Gasteiger partial charge >= 0.3 is 0 Å². The van der Waals surface area contributed by atoms with Crippen molar-refractivity contribution in [1.29, 1.82) is 0 Å². The van der Waals surface area contributed by atoms with Crippen LogP contribution in [0.5, 0.6) is 0 Å². The number of hydrogen-bond acceptors (Lipinski definition) is 7. The van der Waals surface area contributed by atoms with Crippen LogP contribution in [0, 0.1) is 6.92 Å². The number of aromatic nitrogens is 2. The number of aryl methyl sites for hydroxylation is 1. The minimum Gasteiger partial charge on any atom is -0.352 e. The van der Waals surface area contributed by atoms with Gasteiger partial charge in [-0.1, -0.05) is 19.9 Å². The zero-order valence-electron chi connectivity index (χ0n) is 21.2. The van der Waals surface area contributed by atoms with E-state index in [0.29, 0.717) is 11.4 Å². The van der Waals surface area contributed by atoms with E-state index in [1.165, 1.54) is 11.3 Å². The van der Waals surface area contributed by atoms with Crippen molar-refractivity contribution in [3.8, 4) is 11.1 Å². The number of amides is 2. The monoisotopic (exact) mass is 528 g/mol. The van der Waals surface area contributed by atoms with Crippen LogP contribution in [0.3, 0.4) is 0 Å². The number of sulfone groups is 1. The third-order valence-electron chi connectivity index (χ3n) is 6.25. The van der Waals surface area contributed by atoms with Gasteiger partial charge in [-0.2, -0.15) is 0 Å². The lowest BCUT2D eigenvalue weighted by Gasteiger charge is -2.17. The van der Waals surface area contributed by atoms with Crippen LogP contribution in [-0.2, 0) is 19.4 Å². The minimum absolute atomic E-state index is 0.156. The SMILES string of the molecule is Cc1cc2nc(C(C(=O)NCC(=O)NC3CC3)S(=O)(=O)C(C)C)sc2cc1-c1ccc(C(C)C)nc1. The molecule has 3 aromatic rings. The van der Waals surface area contributed by atoms with Gasteiger partial charge in [-0.15, -0.1) is 11.3 Å². The molecule has 2 amide bonds. The second kappa shape index (κ2) is 10.3. The summed E-state index contributed by atoms with van der Waals surface area (Å²) in [4.78, 5) is 34.3. The minimum atomic E-state index is -3.89. The summed E-state index contributed by atoms with van der Waals surface area (Å²) < 4.78 is 27.2. The summed E-state index contributed by atoms with van der Waals surface area (Å²) in [6, 6.07) is 8.07. The lowest BCUT2D eigenvalue weighted by molar-refractivity contribution is -0.126. The molecule has 2 N–H and O–H groups in total. The van der Waals surface area contributed by atoms with Crippen molar-refractivity contribution >= 4 is 43.2 Å². The topological polar surface area (TPSA) is 118 Å². The smallest absolute Gasteiger partial charge is 0.245 e. The number of hydrogen-bond donors (Lipinski definition) is 2. The number of fused-ring (bicyclic) bond motifs is 1. The zero-order valence-corrected chi connectivity index (χ0v) is 22.8. The summed E-state index contributed by atoms with van der Waals surface area (Å²) in [6.45, 7) is 8.97. The van der Waals surface area contributed by atoms with Gasteiger partial charge in [-0.3, -0.25) is 14.6 Å². The molecule has 1 aliphatic rings. The van der Waals surface area contributed by atoms with Crippen molar-refractivity contribution in [3.63, 3.8) is 0 Å². The Morgan fingerprint density at radius 2 is 1.86 bits per heavy atom. The highest BCUT2D eigenvalue weighted by atomic mass is 32.2. The third-order valence-corrected chi connectivity index (χ3v) is 9.89. The van der Waals surface area contributed by atoms with Gasteiger partial charge in [0.2, 0.25) is 11.8 Å². The average molecular weight is 529 g/mol. The summed E-state index contributed by atoms with van der Waals surface area (Å²) >= 11 is 1.19. The Labute approximate surface area is 215 Å². The van der Waals surface area contributed by atoms with Gasteiger partial charge in [0.25, 0.3) is 0 Å². The number of carbonyl (C=O) groups is 2. The van der Waals surface area contributed by atoms with E-state index in [0.717, 1.165) is 39.9 Å². The molecule has 1 saturated carbocycles. The Kier molecular flexibility index (Phi) is 7.47. The molecular weight excluding hydrogens is 496 g/mol. The number of nitrogens with one attached hydrogen (secondary N) is 2. The first-order valence-electron chi connectivity index (χ1n) is 12.1. The second-order valence-corrected chi connectivity index (χ2v) is 13.5. The Hall–Kier alpha value is -2.85. The number of benzene rings is 1. The van der Waals surface area contributed by atoms with E-state index in [2.05, 4.69) is 34.4 Å². The maximum absolute atomic E-state index is 13.2. The average Bonchev–Trinajstić information content (AvgIpc) is 3.54. The van der Waals surface area contributed by atoms with E-state index in [4.69, 9.17) is 0 Å². The van der Waals surface area contributed by atoms with Crippen LogP contribution >= 0.6 is 11.3 Å². The molecule has 36 heavy (non-hydrogen) atoms. The van der Waals surface area contributed by atoms with E-state index in [-0.39, 0.29) is 23.5 Å². The first kappa shape index (κ1) is 26.2. The molecule has 2 heterocycles. The predicted molar refractivity (Wildman–Crippen MR) is 143 cm³/mol. The summed E-state index contributed by atoms with van der Waals surface area (Å²) in [5, 5.41) is 3.22. The van der Waals surface area contributed by atoms with E-state index in [9.17, 15) is 18.0 Å². The molecule has 0 bridgehead atoms. The van der Waals surface area contributed by atoms with Crippen LogP contribution < -0.4 is 10.6 Å². The first-order valence-corrected chi connectivity index (χ1v) is 14.6. The third kappa shape index (κ3) is 5.59. The maximum atomic E-state index is 13.2. The normalized spacial score (nSPS) is 14.9. The van der Waals surface area contributed by atoms with E-state index in [1.54, 1.807) is 13.8 Å². The molecule has 1 aromatic carbocycles. The quantitative estimate of drug-likeness (QED) is 0.433. The summed E-state index contributed by atoms with van der Waals surface area (Å²) in [7, 11) is -3.89.